The van der Waals surface area contributed by atoms with Crippen molar-refractivity contribution in [3.05, 3.63) is 113 Å². The van der Waals surface area contributed by atoms with Gasteiger partial charge in [-0.25, -0.2) is 4.98 Å². The molecule has 0 aliphatic carbocycles. The molecule has 0 bridgehead atoms. The summed E-state index contributed by atoms with van der Waals surface area (Å²) in [5.41, 5.74) is 0.297. The number of non-ortho nitro benzene ring substituents is 1. The van der Waals surface area contributed by atoms with Crippen LogP contribution in [0.1, 0.15) is 143 Å². The lowest BCUT2D eigenvalue weighted by Gasteiger charge is -2.24. The zero-order valence-corrected chi connectivity index (χ0v) is 46.2. The van der Waals surface area contributed by atoms with Crippen LogP contribution in [0.5, 0.6) is 17.2 Å². The minimum Gasteiger partial charge on any atom is -0.488 e. The highest BCUT2D eigenvalue weighted by Crippen LogP contribution is 2.28. The lowest BCUT2D eigenvalue weighted by Crippen LogP contribution is -2.37. The molecule has 0 saturated carbocycles. The highest BCUT2D eigenvalue weighted by Gasteiger charge is 2.33. The Bertz CT molecular complexity index is 2000. The van der Waals surface area contributed by atoms with E-state index in [9.17, 15) is 19.7 Å². The molecule has 1 fully saturated rings. The SMILES string of the molecule is CC(C)(C)OCC(Cl)(Cl)Cl.CC(C)(C)ON1C(=O)CCC1=O.CC(C)(C)Oc1ccc([N+](=O)[O-])cc1.CC(C)(C)Oc1ccccc1.CC(C)(C)n1ccnc1.Cc1ccc(OC(C)(C)C)cc1. The first kappa shape index (κ1) is 63.6. The van der Waals surface area contributed by atoms with E-state index in [0.717, 1.165) is 16.6 Å². The number of aryl methyl sites for hydroxylation is 1. The fourth-order valence-electron chi connectivity index (χ4n) is 4.68. The number of imidazole rings is 1. The zero-order valence-electron chi connectivity index (χ0n) is 44.0. The van der Waals surface area contributed by atoms with Gasteiger partial charge >= 0.3 is 0 Å². The third-order valence-corrected chi connectivity index (χ3v) is 7.73. The maximum Gasteiger partial charge on any atom is 0.269 e. The fourth-order valence-corrected chi connectivity index (χ4v) is 4.84. The highest BCUT2D eigenvalue weighted by atomic mass is 35.6. The molecule has 382 valence electrons. The molecule has 2 heterocycles. The van der Waals surface area contributed by atoms with Gasteiger partial charge in [0.25, 0.3) is 17.5 Å². The molecule has 1 aliphatic rings. The summed E-state index contributed by atoms with van der Waals surface area (Å²) in [6.45, 7) is 37.8. The number of ether oxygens (including phenoxy) is 4. The molecule has 1 aliphatic heterocycles. The average Bonchev–Trinajstić information content (AvgIpc) is 3.82. The van der Waals surface area contributed by atoms with Crippen molar-refractivity contribution in [2.45, 2.75) is 182 Å². The van der Waals surface area contributed by atoms with Crippen LogP contribution in [0.3, 0.4) is 0 Å². The Morgan fingerprint density at radius 2 is 0.985 bits per heavy atom. The molecule has 4 aromatic rings. The second-order valence-electron chi connectivity index (χ2n) is 21.5. The van der Waals surface area contributed by atoms with Gasteiger partial charge in [0.2, 0.25) is 3.79 Å². The van der Waals surface area contributed by atoms with Crippen LogP contribution in [-0.2, 0) is 24.7 Å². The molecule has 13 nitrogen and oxygen atoms in total. The molecule has 0 radical (unpaired) electrons. The van der Waals surface area contributed by atoms with Crippen LogP contribution in [0.25, 0.3) is 0 Å². The van der Waals surface area contributed by atoms with E-state index in [0.29, 0.717) is 5.75 Å². The van der Waals surface area contributed by atoms with Gasteiger partial charge in [0.15, 0.2) is 0 Å². The Labute approximate surface area is 422 Å². The number of amides is 2. The minimum absolute atomic E-state index is 0.0752. The van der Waals surface area contributed by atoms with Gasteiger partial charge in [0.05, 0.1) is 29.1 Å². The molecule has 1 aromatic heterocycles. The molecule has 3 aromatic carbocycles. The summed E-state index contributed by atoms with van der Waals surface area (Å²) in [7, 11) is 0. The maximum atomic E-state index is 11.0. The lowest BCUT2D eigenvalue weighted by molar-refractivity contribution is -0.384. The number of nitrogens with zero attached hydrogens (tertiary/aromatic N) is 4. The van der Waals surface area contributed by atoms with Crippen LogP contribution in [-0.4, -0.2) is 69.8 Å². The molecular formula is C52H79Cl3N4O9. The molecule has 1 saturated heterocycles. The number of halogens is 3. The second-order valence-corrected chi connectivity index (χ2v) is 24.0. The average molecular weight is 1010 g/mol. The van der Waals surface area contributed by atoms with Crippen LogP contribution in [0, 0.1) is 17.0 Å². The fraction of sp³-hybridized carbons (Fsp3) is 0.558. The number of carbonyl (C=O) groups is 2. The molecule has 0 N–H and O–H groups in total. The summed E-state index contributed by atoms with van der Waals surface area (Å²) in [6.07, 6.45) is 6.15. The summed E-state index contributed by atoms with van der Waals surface area (Å²) >= 11 is 16.3. The largest absolute Gasteiger partial charge is 0.488 e. The van der Waals surface area contributed by atoms with Crippen molar-refractivity contribution in [3.63, 3.8) is 0 Å². The Morgan fingerprint density at radius 1 is 0.588 bits per heavy atom. The molecule has 2 amide bonds. The number of aromatic nitrogens is 2. The third-order valence-electron chi connectivity index (χ3n) is 7.40. The Morgan fingerprint density at radius 3 is 1.26 bits per heavy atom. The number of hydrogen-bond acceptors (Lipinski definition) is 10. The molecule has 0 unspecified atom stereocenters. The van der Waals surface area contributed by atoms with E-state index in [1.165, 1.54) is 17.7 Å². The smallest absolute Gasteiger partial charge is 0.269 e. The van der Waals surface area contributed by atoms with E-state index in [1.807, 2.05) is 138 Å². The first-order chi connectivity index (χ1) is 30.6. The van der Waals surface area contributed by atoms with Crippen molar-refractivity contribution in [1.29, 1.82) is 0 Å². The summed E-state index contributed by atoms with van der Waals surface area (Å²) < 4.78 is 22.7. The van der Waals surface area contributed by atoms with Gasteiger partial charge in [-0.2, -0.15) is 5.06 Å². The summed E-state index contributed by atoms with van der Waals surface area (Å²) in [6, 6.07) is 24.0. The summed E-state index contributed by atoms with van der Waals surface area (Å²) in [4.78, 5) is 41.1. The Balaban J connectivity index is 0.000000796. The van der Waals surface area contributed by atoms with Crippen LogP contribution in [0.4, 0.5) is 5.69 Å². The van der Waals surface area contributed by atoms with Gasteiger partial charge in [0, 0.05) is 42.9 Å². The predicted molar refractivity (Wildman–Crippen MR) is 277 cm³/mol. The number of alkyl halides is 3. The number of carbonyl (C=O) groups excluding carboxylic acids is 2. The number of nitro benzene ring substituents is 1. The highest BCUT2D eigenvalue weighted by molar-refractivity contribution is 6.67. The Kier molecular flexibility index (Phi) is 25.9. The first-order valence-corrected chi connectivity index (χ1v) is 23.5. The zero-order chi connectivity index (χ0) is 53.0. The van der Waals surface area contributed by atoms with Gasteiger partial charge in [-0.1, -0.05) is 70.7 Å². The Hall–Kier alpha value is -4.40. The van der Waals surface area contributed by atoms with Gasteiger partial charge < -0.3 is 23.5 Å². The van der Waals surface area contributed by atoms with Crippen molar-refractivity contribution in [1.82, 2.24) is 14.6 Å². The van der Waals surface area contributed by atoms with Crippen LogP contribution < -0.4 is 14.2 Å². The van der Waals surface area contributed by atoms with Gasteiger partial charge in [-0.3, -0.25) is 24.5 Å². The number of para-hydroxylation sites is 1. The molecule has 68 heavy (non-hydrogen) atoms. The standard InChI is InChI=1S/C11H16O.C10H13NO3.C10H14O.C8H13NO3.C7H12N2.C6H11Cl3O/c1-9-5-7-10(8-6-9)12-11(2,3)4;1-10(2,3)14-9-6-4-8(5-7-9)11(12)13;1-10(2,3)11-9-7-5-4-6-8-9;1-8(2,3)12-9-6(10)4-5-7(9)11;1-7(2,3)9-5-4-8-6-9;1-5(2,3)10-4-6(7,8)9/h5-8H,1-4H3;4-7H,1-3H3;4-8H,1-3H3;4-5H2,1-3H3;4-6H,1-3H3;4H2,1-3H3. The number of imide groups is 1. The van der Waals surface area contributed by atoms with Crippen molar-refractivity contribution >= 4 is 52.3 Å². The summed E-state index contributed by atoms with van der Waals surface area (Å²) in [5, 5.41) is 11.2. The van der Waals surface area contributed by atoms with E-state index in [1.54, 1.807) is 39.1 Å². The predicted octanol–water partition coefficient (Wildman–Crippen LogP) is 14.5. The summed E-state index contributed by atoms with van der Waals surface area (Å²) in [5.74, 6) is 2.03. The molecule has 5 rings (SSSR count). The lowest BCUT2D eigenvalue weighted by atomic mass is 10.1. The van der Waals surface area contributed by atoms with Crippen molar-refractivity contribution in [2.75, 3.05) is 6.61 Å². The molecular weight excluding hydrogens is 931 g/mol. The minimum atomic E-state index is -1.30. The number of nitro groups is 1. The number of rotatable bonds is 6. The quantitative estimate of drug-likeness (QED) is 0.0792. The molecule has 0 atom stereocenters. The maximum absolute atomic E-state index is 11.0. The first-order valence-electron chi connectivity index (χ1n) is 22.3. The second kappa shape index (κ2) is 27.7. The number of hydrogen-bond donors (Lipinski definition) is 0. The van der Waals surface area contributed by atoms with Crippen LogP contribution in [0.2, 0.25) is 0 Å². The van der Waals surface area contributed by atoms with Gasteiger partial charge in [-0.05, 0) is 168 Å². The number of hydroxylamine groups is 2. The topological polar surface area (TPSA) is 144 Å². The van der Waals surface area contributed by atoms with E-state index in [4.69, 9.17) is 58.6 Å². The van der Waals surface area contributed by atoms with Crippen LogP contribution in [0.15, 0.2) is 97.6 Å². The normalized spacial score (nSPS) is 13.1. The van der Waals surface area contributed by atoms with E-state index < -0.39 is 14.3 Å². The van der Waals surface area contributed by atoms with Crippen molar-refractivity contribution in [3.8, 4) is 17.2 Å². The monoisotopic (exact) mass is 1010 g/mol. The van der Waals surface area contributed by atoms with Crippen molar-refractivity contribution in [2.24, 2.45) is 0 Å². The van der Waals surface area contributed by atoms with E-state index in [2.05, 4.69) is 49.4 Å². The number of benzene rings is 3. The van der Waals surface area contributed by atoms with Crippen LogP contribution >= 0.6 is 34.8 Å². The van der Waals surface area contributed by atoms with Crippen molar-refractivity contribution < 1.29 is 38.3 Å². The van der Waals surface area contributed by atoms with Gasteiger partial charge in [-0.15, -0.1) is 0 Å². The van der Waals surface area contributed by atoms with Gasteiger partial charge in [0.1, 0.15) is 34.1 Å². The molecule has 16 heteroatoms. The van der Waals surface area contributed by atoms with E-state index in [-0.39, 0.29) is 64.9 Å². The third kappa shape index (κ3) is 34.8. The van der Waals surface area contributed by atoms with E-state index >= 15 is 0 Å². The molecule has 0 spiro atoms.